The van der Waals surface area contributed by atoms with Crippen LogP contribution in [-0.4, -0.2) is 41.4 Å². The molecule has 0 radical (unpaired) electrons. The SMILES string of the molecule is CCOCCOc1ccc(C[CH2][Ge]([CH3])([CH3])[c]2ccc(O[Si](C)(C)C(C)(C)C)cc2)cc1. The summed E-state index contributed by atoms with van der Waals surface area (Å²) in [6.45, 7) is 15.4. The van der Waals surface area contributed by atoms with E-state index in [1.165, 1.54) is 10.8 Å². The molecule has 0 aliphatic rings. The van der Waals surface area contributed by atoms with Crippen molar-refractivity contribution in [3.8, 4) is 11.5 Å². The third-order valence-electron chi connectivity index (χ3n) is 6.48. The van der Waals surface area contributed by atoms with Gasteiger partial charge in [-0.2, -0.15) is 0 Å². The first kappa shape index (κ1) is 26.0. The molecule has 0 atom stereocenters. The minimum atomic E-state index is -2.08. The van der Waals surface area contributed by atoms with E-state index in [0.717, 1.165) is 24.5 Å². The molecule has 0 amide bonds. The predicted molar refractivity (Wildman–Crippen MR) is 138 cm³/mol. The average Bonchev–Trinajstić information content (AvgIpc) is 2.70. The van der Waals surface area contributed by atoms with Crippen LogP contribution in [0.15, 0.2) is 48.5 Å². The molecule has 0 heterocycles. The fourth-order valence-electron chi connectivity index (χ4n) is 3.14. The zero-order valence-corrected chi connectivity index (χ0v) is 24.0. The standard InChI is InChI=1S/C26H42GeO3Si/c1-9-28-20-21-29-24-14-10-22(11-15-24)18-19-27(5,6)23-12-16-25(17-13-23)30-31(7,8)26(2,3)4/h10-17H,9,18-21H2,1-8H3. The summed E-state index contributed by atoms with van der Waals surface area (Å²) < 4.78 is 19.0. The Hall–Kier alpha value is -1.24. The second-order valence-corrected chi connectivity index (χ2v) is 25.4. The molecule has 0 saturated heterocycles. The first-order valence-electron chi connectivity index (χ1n) is 11.5. The molecule has 0 N–H and O–H groups in total. The number of ether oxygens (including phenoxy) is 2. The van der Waals surface area contributed by atoms with Gasteiger partial charge >= 0.3 is 194 Å². The van der Waals surface area contributed by atoms with Gasteiger partial charge in [-0.05, 0) is 0 Å². The van der Waals surface area contributed by atoms with E-state index in [-0.39, 0.29) is 5.04 Å². The van der Waals surface area contributed by atoms with E-state index in [1.807, 2.05) is 6.92 Å². The third-order valence-corrected chi connectivity index (χ3v) is 18.0. The van der Waals surface area contributed by atoms with Crippen LogP contribution >= 0.6 is 0 Å². The zero-order valence-electron chi connectivity index (χ0n) is 20.9. The Labute approximate surface area is 194 Å². The Kier molecular flexibility index (Phi) is 9.28. The molecule has 0 unspecified atom stereocenters. The number of aryl methyl sites for hydroxylation is 1. The second kappa shape index (κ2) is 11.1. The van der Waals surface area contributed by atoms with Gasteiger partial charge in [0.25, 0.3) is 0 Å². The normalized spacial score (nSPS) is 12.6. The van der Waals surface area contributed by atoms with Gasteiger partial charge in [-0.25, -0.2) is 0 Å². The van der Waals surface area contributed by atoms with Crippen LogP contribution in [-0.2, 0) is 11.2 Å². The van der Waals surface area contributed by atoms with E-state index < -0.39 is 21.6 Å². The summed E-state index contributed by atoms with van der Waals surface area (Å²) in [7, 11) is -1.79. The van der Waals surface area contributed by atoms with E-state index in [9.17, 15) is 0 Å². The molecule has 2 aromatic carbocycles. The molecule has 0 bridgehead atoms. The first-order chi connectivity index (χ1) is 14.4. The van der Waals surface area contributed by atoms with Gasteiger partial charge in [0.2, 0.25) is 0 Å². The predicted octanol–water partition coefficient (Wildman–Crippen LogP) is 6.64. The number of rotatable bonds is 11. The van der Waals surface area contributed by atoms with Crippen LogP contribution in [0.2, 0.25) is 34.9 Å². The van der Waals surface area contributed by atoms with E-state index >= 15 is 0 Å². The molecule has 0 saturated carbocycles. The van der Waals surface area contributed by atoms with Gasteiger partial charge in [0.1, 0.15) is 0 Å². The zero-order chi connectivity index (χ0) is 23.1. The molecule has 172 valence electrons. The van der Waals surface area contributed by atoms with Crippen molar-refractivity contribution < 1.29 is 13.9 Å². The van der Waals surface area contributed by atoms with Crippen molar-refractivity contribution in [1.82, 2.24) is 0 Å². The fourth-order valence-corrected chi connectivity index (χ4v) is 8.94. The van der Waals surface area contributed by atoms with Crippen molar-refractivity contribution in [2.45, 2.75) is 69.0 Å². The minimum absolute atomic E-state index is 0.215. The molecule has 0 aliphatic heterocycles. The molecule has 0 spiro atoms. The number of hydrogen-bond acceptors (Lipinski definition) is 3. The van der Waals surface area contributed by atoms with Gasteiger partial charge in [-0.15, -0.1) is 0 Å². The van der Waals surface area contributed by atoms with Crippen molar-refractivity contribution in [2.24, 2.45) is 0 Å². The maximum absolute atomic E-state index is 6.46. The topological polar surface area (TPSA) is 27.7 Å². The summed E-state index contributed by atoms with van der Waals surface area (Å²) in [5.74, 6) is 6.96. The molecule has 3 nitrogen and oxygen atoms in total. The van der Waals surface area contributed by atoms with Crippen molar-refractivity contribution in [3.63, 3.8) is 0 Å². The Morgan fingerprint density at radius 2 is 1.42 bits per heavy atom. The molecule has 0 fully saturated rings. The summed E-state index contributed by atoms with van der Waals surface area (Å²) in [6.07, 6.45) is 1.12. The van der Waals surface area contributed by atoms with Crippen LogP contribution in [0.5, 0.6) is 11.5 Å². The van der Waals surface area contributed by atoms with E-state index in [2.05, 4.69) is 93.9 Å². The Morgan fingerprint density at radius 3 is 1.97 bits per heavy atom. The van der Waals surface area contributed by atoms with Crippen molar-refractivity contribution >= 4 is 26.0 Å². The van der Waals surface area contributed by atoms with Crippen LogP contribution < -0.4 is 13.6 Å². The van der Waals surface area contributed by atoms with E-state index in [1.54, 1.807) is 4.40 Å². The van der Waals surface area contributed by atoms with E-state index in [4.69, 9.17) is 13.9 Å². The molecule has 2 aromatic rings. The quantitative estimate of drug-likeness (QED) is 0.254. The monoisotopic (exact) mass is 504 g/mol. The van der Waals surface area contributed by atoms with Gasteiger partial charge in [0, 0.05) is 0 Å². The molecular weight excluding hydrogens is 461 g/mol. The van der Waals surface area contributed by atoms with Crippen molar-refractivity contribution in [1.29, 1.82) is 0 Å². The van der Waals surface area contributed by atoms with Crippen LogP contribution in [0, 0.1) is 0 Å². The number of benzene rings is 2. The fraction of sp³-hybridized carbons (Fsp3) is 0.538. The molecule has 2 rings (SSSR count). The van der Waals surface area contributed by atoms with Crippen LogP contribution in [0.3, 0.4) is 0 Å². The average molecular weight is 503 g/mol. The van der Waals surface area contributed by atoms with Crippen molar-refractivity contribution in [3.05, 3.63) is 54.1 Å². The summed E-state index contributed by atoms with van der Waals surface area (Å²) in [5, 5.41) is 1.49. The Morgan fingerprint density at radius 1 is 0.839 bits per heavy atom. The van der Waals surface area contributed by atoms with Gasteiger partial charge in [-0.3, -0.25) is 0 Å². The molecule has 5 heteroatoms. The summed E-state index contributed by atoms with van der Waals surface area (Å²) in [4.78, 5) is 0. The maximum atomic E-state index is 6.46. The summed E-state index contributed by atoms with van der Waals surface area (Å²) in [6, 6.07) is 17.6. The Bertz CT molecular complexity index is 793. The van der Waals surface area contributed by atoms with Gasteiger partial charge < -0.3 is 0 Å². The molecular formula is C26H42GeO3Si. The third kappa shape index (κ3) is 7.99. The summed E-state index contributed by atoms with van der Waals surface area (Å²) >= 11 is -2.08. The molecule has 0 aromatic heterocycles. The number of hydrogen-bond donors (Lipinski definition) is 0. The van der Waals surface area contributed by atoms with Gasteiger partial charge in [0.15, 0.2) is 0 Å². The van der Waals surface area contributed by atoms with Crippen LogP contribution in [0.4, 0.5) is 0 Å². The van der Waals surface area contributed by atoms with Crippen LogP contribution in [0.25, 0.3) is 0 Å². The molecule has 0 aliphatic carbocycles. The van der Waals surface area contributed by atoms with Crippen LogP contribution in [0.1, 0.15) is 33.3 Å². The van der Waals surface area contributed by atoms with E-state index in [0.29, 0.717) is 13.2 Å². The Balaban J connectivity index is 1.92. The van der Waals surface area contributed by atoms with Crippen molar-refractivity contribution in [2.75, 3.05) is 19.8 Å². The second-order valence-electron chi connectivity index (χ2n) is 10.5. The summed E-state index contributed by atoms with van der Waals surface area (Å²) in [5.41, 5.74) is 1.38. The van der Waals surface area contributed by atoms with Gasteiger partial charge in [-0.1, -0.05) is 0 Å². The first-order valence-corrected chi connectivity index (χ1v) is 21.2. The molecule has 31 heavy (non-hydrogen) atoms. The van der Waals surface area contributed by atoms with Gasteiger partial charge in [0.05, 0.1) is 0 Å².